The van der Waals surface area contributed by atoms with Crippen molar-refractivity contribution in [1.82, 2.24) is 34.9 Å². The van der Waals surface area contributed by atoms with Crippen LogP contribution >= 0.6 is 0 Å². The van der Waals surface area contributed by atoms with Crippen LogP contribution in [-0.4, -0.2) is 74.6 Å². The molecule has 1 fully saturated rings. The molecular weight excluding hydrogens is 450 g/mol. The molecule has 0 atom stereocenters. The van der Waals surface area contributed by atoms with Crippen LogP contribution < -0.4 is 0 Å². The highest BCUT2D eigenvalue weighted by Crippen LogP contribution is 2.37. The number of likely N-dealkylation sites (N-methyl/N-ethyl adjacent to an activating group) is 1. The lowest BCUT2D eigenvalue weighted by Crippen LogP contribution is -2.42. The lowest BCUT2D eigenvalue weighted by atomic mass is 9.95. The molecule has 0 radical (unpaired) electrons. The number of hydrogen-bond acceptors (Lipinski definition) is 5. The van der Waals surface area contributed by atoms with E-state index in [4.69, 9.17) is 0 Å². The largest absolute Gasteiger partial charge is 0.354 e. The first-order valence-electron chi connectivity index (χ1n) is 12.7. The van der Waals surface area contributed by atoms with Gasteiger partial charge in [0.15, 0.2) is 5.82 Å². The number of nitrogens with zero attached hydrogens (tertiary/aromatic N) is 5. The number of benzene rings is 1. The van der Waals surface area contributed by atoms with E-state index < -0.39 is 0 Å². The molecule has 188 valence electrons. The van der Waals surface area contributed by atoms with Crippen molar-refractivity contribution in [3.8, 4) is 22.6 Å². The number of fused-ring (bicyclic) bond motifs is 1. The number of piperidine rings is 1. The van der Waals surface area contributed by atoms with Crippen molar-refractivity contribution in [1.29, 1.82) is 0 Å². The van der Waals surface area contributed by atoms with Gasteiger partial charge in [0.25, 0.3) is 0 Å². The van der Waals surface area contributed by atoms with Crippen molar-refractivity contribution in [3.05, 3.63) is 53.6 Å². The minimum absolute atomic E-state index is 0.193. The Morgan fingerprint density at radius 2 is 1.86 bits per heavy atom. The van der Waals surface area contributed by atoms with E-state index in [-0.39, 0.29) is 5.91 Å². The van der Waals surface area contributed by atoms with Crippen LogP contribution in [-0.2, 0) is 4.79 Å². The summed E-state index contributed by atoms with van der Waals surface area (Å²) in [4.78, 5) is 27.7. The van der Waals surface area contributed by atoms with Crippen molar-refractivity contribution < 1.29 is 4.79 Å². The lowest BCUT2D eigenvalue weighted by molar-refractivity contribution is -0.132. The van der Waals surface area contributed by atoms with E-state index >= 15 is 0 Å². The second-order valence-electron chi connectivity index (χ2n) is 10.5. The number of likely N-dealkylation sites (tertiary alicyclic amines) is 1. The van der Waals surface area contributed by atoms with E-state index in [0.29, 0.717) is 18.4 Å². The van der Waals surface area contributed by atoms with Gasteiger partial charge in [0.1, 0.15) is 5.82 Å². The van der Waals surface area contributed by atoms with E-state index in [1.807, 2.05) is 37.0 Å². The number of pyridine rings is 1. The van der Waals surface area contributed by atoms with Crippen molar-refractivity contribution >= 4 is 16.8 Å². The normalized spacial score (nSPS) is 14.9. The maximum atomic E-state index is 12.4. The Balaban J connectivity index is 1.39. The molecule has 8 nitrogen and oxygen atoms in total. The summed E-state index contributed by atoms with van der Waals surface area (Å²) in [5.74, 6) is 2.53. The molecule has 1 aromatic carbocycles. The second-order valence-corrected chi connectivity index (χ2v) is 10.5. The average molecular weight is 486 g/mol. The van der Waals surface area contributed by atoms with Crippen LogP contribution in [0.4, 0.5) is 0 Å². The molecule has 4 heterocycles. The van der Waals surface area contributed by atoms with Crippen LogP contribution in [0, 0.1) is 6.92 Å². The molecule has 0 unspecified atom stereocenters. The molecule has 1 aliphatic rings. The molecule has 1 aliphatic heterocycles. The minimum Gasteiger partial charge on any atom is -0.354 e. The Labute approximate surface area is 212 Å². The smallest absolute Gasteiger partial charge is 0.236 e. The molecule has 0 aliphatic carbocycles. The highest BCUT2D eigenvalue weighted by molar-refractivity contribution is 5.93. The molecule has 1 saturated heterocycles. The fraction of sp³-hybridized carbons (Fsp3) is 0.429. The third kappa shape index (κ3) is 4.78. The van der Waals surface area contributed by atoms with Gasteiger partial charge < -0.3 is 19.8 Å². The van der Waals surface area contributed by atoms with Gasteiger partial charge >= 0.3 is 0 Å². The van der Waals surface area contributed by atoms with Gasteiger partial charge in [0, 0.05) is 52.9 Å². The summed E-state index contributed by atoms with van der Waals surface area (Å²) >= 11 is 0. The van der Waals surface area contributed by atoms with Crippen molar-refractivity contribution in [2.24, 2.45) is 0 Å². The van der Waals surface area contributed by atoms with Crippen LogP contribution in [0.25, 0.3) is 33.5 Å². The van der Waals surface area contributed by atoms with Crippen LogP contribution in [0.5, 0.6) is 0 Å². The number of H-pyrrole nitrogens is 2. The third-order valence-electron chi connectivity index (χ3n) is 7.06. The van der Waals surface area contributed by atoms with Crippen LogP contribution in [0.3, 0.4) is 0 Å². The molecule has 3 aromatic heterocycles. The molecular formula is C28H35N7O. The highest BCUT2D eigenvalue weighted by atomic mass is 16.2. The first-order chi connectivity index (χ1) is 17.3. The maximum absolute atomic E-state index is 12.4. The summed E-state index contributed by atoms with van der Waals surface area (Å²) in [6, 6.07) is 10.6. The van der Waals surface area contributed by atoms with Crippen LogP contribution in [0.15, 0.2) is 36.5 Å². The molecule has 8 heteroatoms. The number of hydrogen-bond donors (Lipinski definition) is 2. The van der Waals surface area contributed by atoms with Crippen molar-refractivity contribution in [3.63, 3.8) is 0 Å². The topological polar surface area (TPSA) is 93.8 Å². The standard InChI is InChI=1S/C28H35N7O/c1-17(2)25-22-15-21(6-7-23(22)30-26(25)20-8-11-29-18(3)14-20)28-31-27(32-33-28)19-9-12-35(13-10-19)24(36)16-34(4)5/h6-8,11,14-15,17,19,30H,9-10,12-13,16H2,1-5H3,(H,31,32,33). The Bertz CT molecular complexity index is 1380. The molecule has 0 saturated carbocycles. The van der Waals surface area contributed by atoms with Gasteiger partial charge in [-0.05, 0) is 75.7 Å². The van der Waals surface area contributed by atoms with Gasteiger partial charge in [-0.2, -0.15) is 0 Å². The maximum Gasteiger partial charge on any atom is 0.236 e. The van der Waals surface area contributed by atoms with Gasteiger partial charge in [-0.1, -0.05) is 13.8 Å². The summed E-state index contributed by atoms with van der Waals surface area (Å²) in [7, 11) is 3.85. The summed E-state index contributed by atoms with van der Waals surface area (Å²) in [5, 5.41) is 10.2. The number of carbonyl (C=O) groups is 1. The van der Waals surface area contributed by atoms with Crippen LogP contribution in [0.2, 0.25) is 0 Å². The number of rotatable bonds is 6. The van der Waals surface area contributed by atoms with Gasteiger partial charge in [-0.3, -0.25) is 9.78 Å². The molecule has 5 rings (SSSR count). The lowest BCUT2D eigenvalue weighted by Gasteiger charge is -2.31. The van der Waals surface area contributed by atoms with Gasteiger partial charge in [0.05, 0.1) is 12.2 Å². The van der Waals surface area contributed by atoms with E-state index in [1.54, 1.807) is 0 Å². The number of aromatic nitrogens is 5. The van der Waals surface area contributed by atoms with Gasteiger partial charge in [-0.15, -0.1) is 10.2 Å². The molecule has 4 aromatic rings. The SMILES string of the molecule is Cc1cc(-c2[nH]c3ccc(-c4nnc(C5CCN(C(=O)CN(C)C)CC5)[nH]4)cc3c2C(C)C)ccn1. The van der Waals surface area contributed by atoms with Gasteiger partial charge in [0.2, 0.25) is 5.91 Å². The molecule has 2 N–H and O–H groups in total. The Hall–Kier alpha value is -3.52. The quantitative estimate of drug-likeness (QED) is 0.412. The zero-order valence-electron chi connectivity index (χ0n) is 21.8. The van der Waals surface area contributed by atoms with Crippen LogP contribution in [0.1, 0.15) is 55.6 Å². The Kier molecular flexibility index (Phi) is 6.62. The zero-order valence-corrected chi connectivity index (χ0v) is 21.8. The molecule has 36 heavy (non-hydrogen) atoms. The predicted octanol–water partition coefficient (Wildman–Crippen LogP) is 4.71. The molecule has 1 amide bonds. The Morgan fingerprint density at radius 1 is 1.08 bits per heavy atom. The zero-order chi connectivity index (χ0) is 25.4. The number of aryl methyl sites for hydroxylation is 1. The summed E-state index contributed by atoms with van der Waals surface area (Å²) in [6.07, 6.45) is 3.66. The first kappa shape index (κ1) is 24.2. The molecule has 0 spiro atoms. The number of amides is 1. The fourth-order valence-corrected chi connectivity index (χ4v) is 5.25. The fourth-order valence-electron chi connectivity index (χ4n) is 5.25. The predicted molar refractivity (Wildman–Crippen MR) is 143 cm³/mol. The van der Waals surface area contributed by atoms with Crippen molar-refractivity contribution in [2.75, 3.05) is 33.7 Å². The second kappa shape index (κ2) is 9.85. The van der Waals surface area contributed by atoms with E-state index in [0.717, 1.165) is 65.6 Å². The van der Waals surface area contributed by atoms with E-state index in [2.05, 4.69) is 69.3 Å². The first-order valence-corrected chi connectivity index (χ1v) is 12.7. The summed E-state index contributed by atoms with van der Waals surface area (Å²) in [6.45, 7) is 8.46. The number of nitrogens with one attached hydrogen (secondary N) is 2. The number of aromatic amines is 2. The summed E-state index contributed by atoms with van der Waals surface area (Å²) < 4.78 is 0. The Morgan fingerprint density at radius 3 is 2.56 bits per heavy atom. The molecule has 0 bridgehead atoms. The van der Waals surface area contributed by atoms with E-state index in [9.17, 15) is 4.79 Å². The van der Waals surface area contributed by atoms with Crippen molar-refractivity contribution in [2.45, 2.75) is 45.4 Å². The minimum atomic E-state index is 0.193. The van der Waals surface area contributed by atoms with E-state index in [1.165, 1.54) is 10.9 Å². The third-order valence-corrected chi connectivity index (χ3v) is 7.06. The average Bonchev–Trinajstić information content (AvgIpc) is 3.49. The summed E-state index contributed by atoms with van der Waals surface area (Å²) in [5.41, 5.74) is 6.74. The number of carbonyl (C=O) groups excluding carboxylic acids is 1. The highest BCUT2D eigenvalue weighted by Gasteiger charge is 2.26. The monoisotopic (exact) mass is 485 g/mol. The van der Waals surface area contributed by atoms with Gasteiger partial charge in [-0.25, -0.2) is 0 Å².